The van der Waals surface area contributed by atoms with E-state index < -0.39 is 21.1 Å². The molecule has 0 aromatic heterocycles. The smallest absolute Gasteiger partial charge is 0.325 e. The standard InChI is InChI=1S/C15H20O4S/c1-4-5-12-9-19-15(16)14(12)20(17,18)13-7-6-10(2)8-11(13)3/h6-8,12,14H,4-5,9H2,1-3H3/t12-,14?/m0/s1. The van der Waals surface area contributed by atoms with Crippen molar-refractivity contribution in [2.45, 2.75) is 43.8 Å². The van der Waals surface area contributed by atoms with Crippen molar-refractivity contribution in [3.8, 4) is 0 Å². The van der Waals surface area contributed by atoms with E-state index in [1.165, 1.54) is 0 Å². The van der Waals surface area contributed by atoms with Gasteiger partial charge < -0.3 is 4.74 Å². The Labute approximate surface area is 120 Å². The van der Waals surface area contributed by atoms with Crippen LogP contribution in [0.5, 0.6) is 0 Å². The van der Waals surface area contributed by atoms with Gasteiger partial charge in [0, 0.05) is 5.92 Å². The number of esters is 1. The molecule has 5 heteroatoms. The first kappa shape index (κ1) is 15.0. The monoisotopic (exact) mass is 296 g/mol. The molecule has 1 aliphatic heterocycles. The lowest BCUT2D eigenvalue weighted by atomic mass is 10.0. The highest BCUT2D eigenvalue weighted by atomic mass is 32.2. The van der Waals surface area contributed by atoms with Crippen molar-refractivity contribution in [1.29, 1.82) is 0 Å². The van der Waals surface area contributed by atoms with Gasteiger partial charge in [0.2, 0.25) is 0 Å². The summed E-state index contributed by atoms with van der Waals surface area (Å²) in [7, 11) is -3.68. The average molecular weight is 296 g/mol. The van der Waals surface area contributed by atoms with Gasteiger partial charge in [-0.05, 0) is 31.9 Å². The molecule has 0 amide bonds. The topological polar surface area (TPSA) is 60.4 Å². The second-order valence-electron chi connectivity index (χ2n) is 5.41. The lowest BCUT2D eigenvalue weighted by molar-refractivity contribution is -0.137. The van der Waals surface area contributed by atoms with Gasteiger partial charge in [-0.1, -0.05) is 31.0 Å². The van der Waals surface area contributed by atoms with Crippen LogP contribution in [-0.4, -0.2) is 26.2 Å². The first-order valence-electron chi connectivity index (χ1n) is 6.85. The average Bonchev–Trinajstić information content (AvgIpc) is 2.71. The first-order chi connectivity index (χ1) is 9.37. The van der Waals surface area contributed by atoms with Gasteiger partial charge in [-0.25, -0.2) is 8.42 Å². The first-order valence-corrected chi connectivity index (χ1v) is 8.40. The van der Waals surface area contributed by atoms with E-state index in [2.05, 4.69) is 0 Å². The van der Waals surface area contributed by atoms with E-state index in [0.717, 1.165) is 12.0 Å². The fraction of sp³-hybridized carbons (Fsp3) is 0.533. The molecule has 2 rings (SSSR count). The molecule has 0 saturated carbocycles. The summed E-state index contributed by atoms with van der Waals surface area (Å²) in [5.74, 6) is -0.846. The Morgan fingerprint density at radius 1 is 1.30 bits per heavy atom. The zero-order valence-corrected chi connectivity index (χ0v) is 12.9. The molecule has 4 nitrogen and oxygen atoms in total. The molecule has 110 valence electrons. The molecule has 0 N–H and O–H groups in total. The van der Waals surface area contributed by atoms with Crippen molar-refractivity contribution in [2.24, 2.45) is 5.92 Å². The van der Waals surface area contributed by atoms with Crippen LogP contribution in [0.2, 0.25) is 0 Å². The van der Waals surface area contributed by atoms with Crippen LogP contribution < -0.4 is 0 Å². The van der Waals surface area contributed by atoms with Gasteiger partial charge in [-0.3, -0.25) is 4.79 Å². The van der Waals surface area contributed by atoms with Gasteiger partial charge in [-0.15, -0.1) is 0 Å². The molecule has 1 unspecified atom stereocenters. The maximum Gasteiger partial charge on any atom is 0.325 e. The Kier molecular flexibility index (Phi) is 4.18. The lowest BCUT2D eigenvalue weighted by Crippen LogP contribution is -2.32. The number of sulfone groups is 1. The van der Waals surface area contributed by atoms with Gasteiger partial charge in [0.15, 0.2) is 15.1 Å². The molecule has 0 aliphatic carbocycles. The van der Waals surface area contributed by atoms with Crippen molar-refractivity contribution < 1.29 is 17.9 Å². The number of carbonyl (C=O) groups excluding carboxylic acids is 1. The van der Waals surface area contributed by atoms with E-state index in [1.807, 2.05) is 19.9 Å². The molecule has 1 saturated heterocycles. The maximum absolute atomic E-state index is 12.8. The van der Waals surface area contributed by atoms with Gasteiger partial charge in [-0.2, -0.15) is 0 Å². The van der Waals surface area contributed by atoms with Crippen LogP contribution in [0, 0.1) is 19.8 Å². The molecule has 0 bridgehead atoms. The molecule has 1 fully saturated rings. The zero-order valence-electron chi connectivity index (χ0n) is 12.0. The number of benzene rings is 1. The number of carbonyl (C=O) groups is 1. The van der Waals surface area contributed by atoms with Gasteiger partial charge in [0.25, 0.3) is 0 Å². The number of rotatable bonds is 4. The second kappa shape index (κ2) is 5.56. The molecule has 1 aliphatic rings. The minimum Gasteiger partial charge on any atom is -0.464 e. The zero-order chi connectivity index (χ0) is 14.9. The van der Waals surface area contributed by atoms with Crippen LogP contribution in [-0.2, 0) is 19.4 Å². The predicted molar refractivity (Wildman–Crippen MR) is 76.2 cm³/mol. The Hall–Kier alpha value is -1.36. The summed E-state index contributed by atoms with van der Waals surface area (Å²) in [6.45, 7) is 5.85. The van der Waals surface area contributed by atoms with Crippen LogP contribution in [0.25, 0.3) is 0 Å². The summed E-state index contributed by atoms with van der Waals surface area (Å²) in [5, 5.41) is -1.05. The molecule has 1 heterocycles. The lowest BCUT2D eigenvalue weighted by Gasteiger charge is -2.16. The Morgan fingerprint density at radius 3 is 2.60 bits per heavy atom. The maximum atomic E-state index is 12.8. The van der Waals surface area contributed by atoms with E-state index in [4.69, 9.17) is 4.74 Å². The number of cyclic esters (lactones) is 1. The minimum atomic E-state index is -3.68. The third-order valence-electron chi connectivity index (χ3n) is 3.73. The van der Waals surface area contributed by atoms with Crippen molar-refractivity contribution >= 4 is 15.8 Å². The molecule has 0 radical (unpaired) electrons. The Balaban J connectivity index is 2.45. The molecule has 20 heavy (non-hydrogen) atoms. The highest BCUT2D eigenvalue weighted by Crippen LogP contribution is 2.32. The van der Waals surface area contributed by atoms with E-state index in [9.17, 15) is 13.2 Å². The van der Waals surface area contributed by atoms with E-state index in [0.29, 0.717) is 12.0 Å². The van der Waals surface area contributed by atoms with Crippen molar-refractivity contribution in [3.63, 3.8) is 0 Å². The van der Waals surface area contributed by atoms with Crippen LogP contribution in [0.4, 0.5) is 0 Å². The van der Waals surface area contributed by atoms with E-state index in [1.54, 1.807) is 19.1 Å². The second-order valence-corrected chi connectivity index (χ2v) is 7.45. The summed E-state index contributed by atoms with van der Waals surface area (Å²) < 4.78 is 30.5. The Morgan fingerprint density at radius 2 is 2.00 bits per heavy atom. The third-order valence-corrected chi connectivity index (χ3v) is 6.05. The molecular formula is C15H20O4S. The summed E-state index contributed by atoms with van der Waals surface area (Å²) in [6.07, 6.45) is 1.51. The summed E-state index contributed by atoms with van der Waals surface area (Å²) in [5.41, 5.74) is 1.68. The summed E-state index contributed by atoms with van der Waals surface area (Å²) in [6, 6.07) is 5.17. The fourth-order valence-electron chi connectivity index (χ4n) is 2.79. The summed E-state index contributed by atoms with van der Waals surface area (Å²) in [4.78, 5) is 12.1. The van der Waals surface area contributed by atoms with Gasteiger partial charge in [0.1, 0.15) is 0 Å². The fourth-order valence-corrected chi connectivity index (χ4v) is 4.87. The van der Waals surface area contributed by atoms with Gasteiger partial charge in [0.05, 0.1) is 11.5 Å². The van der Waals surface area contributed by atoms with Crippen LogP contribution in [0.15, 0.2) is 23.1 Å². The minimum absolute atomic E-state index is 0.210. The van der Waals surface area contributed by atoms with Crippen LogP contribution in [0.3, 0.4) is 0 Å². The number of hydrogen-bond donors (Lipinski definition) is 0. The highest BCUT2D eigenvalue weighted by molar-refractivity contribution is 7.92. The molecule has 0 spiro atoms. The number of ether oxygens (including phenoxy) is 1. The quantitative estimate of drug-likeness (QED) is 0.801. The predicted octanol–water partition coefficient (Wildman–Crippen LogP) is 2.42. The normalized spacial score (nSPS) is 22.9. The molecule has 2 atom stereocenters. The number of aryl methyl sites for hydroxylation is 2. The van der Waals surface area contributed by atoms with Crippen LogP contribution >= 0.6 is 0 Å². The molecule has 1 aromatic carbocycles. The van der Waals surface area contributed by atoms with E-state index >= 15 is 0 Å². The van der Waals surface area contributed by atoms with Crippen molar-refractivity contribution in [3.05, 3.63) is 29.3 Å². The SMILES string of the molecule is CCC[C@H]1COC(=O)C1S(=O)(=O)c1ccc(C)cc1C. The van der Waals surface area contributed by atoms with Gasteiger partial charge >= 0.3 is 5.97 Å². The van der Waals surface area contributed by atoms with Crippen molar-refractivity contribution in [2.75, 3.05) is 6.61 Å². The highest BCUT2D eigenvalue weighted by Gasteiger charge is 2.46. The Bertz CT molecular complexity index is 619. The molecular weight excluding hydrogens is 276 g/mol. The summed E-state index contributed by atoms with van der Waals surface area (Å²) >= 11 is 0. The van der Waals surface area contributed by atoms with Crippen molar-refractivity contribution in [1.82, 2.24) is 0 Å². The van der Waals surface area contributed by atoms with E-state index in [-0.39, 0.29) is 17.4 Å². The largest absolute Gasteiger partial charge is 0.464 e. The van der Waals surface area contributed by atoms with Crippen LogP contribution in [0.1, 0.15) is 30.9 Å². The molecule has 1 aromatic rings. The number of hydrogen-bond acceptors (Lipinski definition) is 4. The third kappa shape index (κ3) is 2.59.